The van der Waals surface area contributed by atoms with Crippen molar-refractivity contribution in [1.82, 2.24) is 9.21 Å². The molecule has 0 N–H and O–H groups in total. The molecule has 0 aromatic carbocycles. The van der Waals surface area contributed by atoms with Gasteiger partial charge in [-0.1, -0.05) is 20.3 Å². The summed E-state index contributed by atoms with van der Waals surface area (Å²) in [5.41, 5.74) is 0. The summed E-state index contributed by atoms with van der Waals surface area (Å²) in [6, 6.07) is 0. The summed E-state index contributed by atoms with van der Waals surface area (Å²) in [5.74, 6) is 0.711. The van der Waals surface area contributed by atoms with E-state index in [0.29, 0.717) is 19.0 Å². The fourth-order valence-electron chi connectivity index (χ4n) is 1.65. The third-order valence-corrected chi connectivity index (χ3v) is 3.71. The first kappa shape index (κ1) is 11.9. The molecule has 1 fully saturated rings. The number of nitrogens with zero attached hydrogens (tertiary/aromatic N) is 2. The van der Waals surface area contributed by atoms with Crippen molar-refractivity contribution in [1.29, 1.82) is 0 Å². The molecule has 0 aromatic heterocycles. The van der Waals surface area contributed by atoms with E-state index in [4.69, 9.17) is 0 Å². The van der Waals surface area contributed by atoms with Gasteiger partial charge in [0.05, 0.1) is 0 Å². The molecule has 0 bridgehead atoms. The van der Waals surface area contributed by atoms with Crippen LogP contribution in [0.25, 0.3) is 0 Å². The number of thiol groups is 1. The van der Waals surface area contributed by atoms with E-state index in [-0.39, 0.29) is 0 Å². The first-order chi connectivity index (χ1) is 6.63. The van der Waals surface area contributed by atoms with Gasteiger partial charge in [-0.05, 0) is 5.92 Å². The van der Waals surface area contributed by atoms with Gasteiger partial charge in [0.1, 0.15) is 0 Å². The molecule has 4 nitrogen and oxygen atoms in total. The zero-order chi connectivity index (χ0) is 10.6. The lowest BCUT2D eigenvalue weighted by Crippen LogP contribution is -2.46. The molecule has 0 radical (unpaired) electrons. The molecule has 1 saturated heterocycles. The highest BCUT2D eigenvalue weighted by Gasteiger charge is 2.18. The van der Waals surface area contributed by atoms with E-state index in [1.807, 2.05) is 0 Å². The molecule has 0 saturated carbocycles. The summed E-state index contributed by atoms with van der Waals surface area (Å²) < 4.78 is 22.9. The average molecular weight is 220 g/mol. The van der Waals surface area contributed by atoms with Crippen molar-refractivity contribution in [2.45, 2.75) is 20.3 Å². The van der Waals surface area contributed by atoms with Crippen LogP contribution in [0.15, 0.2) is 0 Å². The monoisotopic (exact) mass is 220 g/mol. The van der Waals surface area contributed by atoms with Gasteiger partial charge in [0.15, 0.2) is 0 Å². The largest absolute Gasteiger partial charge is 0.300 e. The molecule has 0 aliphatic carbocycles. The minimum absolute atomic E-state index is 0.662. The van der Waals surface area contributed by atoms with Crippen LogP contribution in [0, 0.1) is 5.92 Å². The molecule has 14 heavy (non-hydrogen) atoms. The first-order valence-electron chi connectivity index (χ1n) is 5.25. The van der Waals surface area contributed by atoms with Crippen molar-refractivity contribution in [2.24, 2.45) is 5.92 Å². The molecule has 1 aliphatic heterocycles. The topological polar surface area (TPSA) is 40.6 Å². The molecule has 0 amide bonds. The van der Waals surface area contributed by atoms with Crippen LogP contribution in [-0.2, 0) is 10.9 Å². The Kier molecular flexibility index (Phi) is 4.84. The Balaban J connectivity index is 2.28. The van der Waals surface area contributed by atoms with Crippen molar-refractivity contribution in [3.63, 3.8) is 0 Å². The quantitative estimate of drug-likeness (QED) is 0.687. The van der Waals surface area contributed by atoms with Crippen molar-refractivity contribution >= 4 is 10.9 Å². The molecule has 1 rings (SSSR count). The molecular formula is C9H20N2O2S. The van der Waals surface area contributed by atoms with E-state index in [0.717, 1.165) is 19.6 Å². The fourth-order valence-corrected chi connectivity index (χ4v) is 2.16. The minimum atomic E-state index is -2.35. The molecule has 0 aromatic rings. The molecule has 84 valence electrons. The smallest absolute Gasteiger partial charge is 0.204 e. The summed E-state index contributed by atoms with van der Waals surface area (Å²) in [5, 5.41) is 0. The summed E-state index contributed by atoms with van der Waals surface area (Å²) in [6.07, 6.45) is 1.19. The van der Waals surface area contributed by atoms with Crippen LogP contribution in [0.2, 0.25) is 0 Å². The molecule has 0 spiro atoms. The summed E-state index contributed by atoms with van der Waals surface area (Å²) in [4.78, 5) is 2.35. The van der Waals surface area contributed by atoms with Crippen molar-refractivity contribution in [3.05, 3.63) is 0 Å². The summed E-state index contributed by atoms with van der Waals surface area (Å²) in [7, 11) is -2.35. The third kappa shape index (κ3) is 3.55. The SMILES string of the molecule is CCC(C)CN1CCN([SH](=O)=O)CC1. The second-order valence-corrected chi connectivity index (χ2v) is 5.05. The number of hydrogen-bond donors (Lipinski definition) is 1. The number of piperazine rings is 1. The maximum atomic E-state index is 10.7. The highest BCUT2D eigenvalue weighted by atomic mass is 32.2. The van der Waals surface area contributed by atoms with E-state index < -0.39 is 10.9 Å². The van der Waals surface area contributed by atoms with Gasteiger partial charge in [-0.15, -0.1) is 0 Å². The van der Waals surface area contributed by atoms with Gasteiger partial charge in [-0.2, -0.15) is 0 Å². The fraction of sp³-hybridized carbons (Fsp3) is 1.00. The Morgan fingerprint density at radius 1 is 1.21 bits per heavy atom. The predicted molar refractivity (Wildman–Crippen MR) is 57.8 cm³/mol. The second-order valence-electron chi connectivity index (χ2n) is 4.01. The maximum absolute atomic E-state index is 10.7. The van der Waals surface area contributed by atoms with Gasteiger partial charge in [-0.25, -0.2) is 12.7 Å². The zero-order valence-electron chi connectivity index (χ0n) is 8.98. The highest BCUT2D eigenvalue weighted by molar-refractivity contribution is 7.69. The normalized spacial score (nSPS) is 22.8. The average Bonchev–Trinajstić information content (AvgIpc) is 2.18. The Morgan fingerprint density at radius 3 is 2.21 bits per heavy atom. The van der Waals surface area contributed by atoms with Crippen LogP contribution in [0.5, 0.6) is 0 Å². The lowest BCUT2D eigenvalue weighted by molar-refractivity contribution is 0.169. The van der Waals surface area contributed by atoms with E-state index in [9.17, 15) is 8.42 Å². The molecule has 1 heterocycles. The van der Waals surface area contributed by atoms with E-state index in [1.54, 1.807) is 0 Å². The Hall–Kier alpha value is -0.130. The van der Waals surface area contributed by atoms with Crippen molar-refractivity contribution in [2.75, 3.05) is 32.7 Å². The summed E-state index contributed by atoms with van der Waals surface area (Å²) >= 11 is 0. The molecule has 1 unspecified atom stereocenters. The van der Waals surface area contributed by atoms with Gasteiger partial charge in [0, 0.05) is 32.7 Å². The van der Waals surface area contributed by atoms with Crippen LogP contribution in [0.1, 0.15) is 20.3 Å². The minimum Gasteiger partial charge on any atom is -0.300 e. The Bertz CT molecular complexity index is 227. The van der Waals surface area contributed by atoms with E-state index in [1.165, 1.54) is 10.7 Å². The van der Waals surface area contributed by atoms with E-state index >= 15 is 0 Å². The predicted octanol–water partition coefficient (Wildman–Crippen LogP) is 0.177. The van der Waals surface area contributed by atoms with Gasteiger partial charge in [0.2, 0.25) is 10.9 Å². The highest BCUT2D eigenvalue weighted by Crippen LogP contribution is 2.07. The van der Waals surface area contributed by atoms with Crippen LogP contribution in [0.4, 0.5) is 0 Å². The molecule has 1 atom stereocenters. The maximum Gasteiger partial charge on any atom is 0.204 e. The van der Waals surface area contributed by atoms with Gasteiger partial charge in [0.25, 0.3) is 0 Å². The van der Waals surface area contributed by atoms with Crippen LogP contribution >= 0.6 is 0 Å². The van der Waals surface area contributed by atoms with Crippen LogP contribution in [0.3, 0.4) is 0 Å². The second kappa shape index (κ2) is 5.68. The van der Waals surface area contributed by atoms with Crippen LogP contribution in [-0.4, -0.2) is 50.3 Å². The Morgan fingerprint density at radius 2 is 1.79 bits per heavy atom. The van der Waals surface area contributed by atoms with E-state index in [2.05, 4.69) is 18.7 Å². The third-order valence-electron chi connectivity index (χ3n) is 2.85. The number of rotatable bonds is 4. The van der Waals surface area contributed by atoms with Gasteiger partial charge >= 0.3 is 0 Å². The summed E-state index contributed by atoms with van der Waals surface area (Å²) in [6.45, 7) is 8.61. The van der Waals surface area contributed by atoms with Crippen molar-refractivity contribution < 1.29 is 8.42 Å². The number of hydrogen-bond acceptors (Lipinski definition) is 3. The lowest BCUT2D eigenvalue weighted by atomic mass is 10.1. The standard InChI is InChI=1S/C9H20N2O2S/c1-3-9(2)8-10-4-6-11(7-5-10)14(12)13/h9,14H,3-8H2,1-2H3. The van der Waals surface area contributed by atoms with Crippen molar-refractivity contribution in [3.8, 4) is 0 Å². The molecule has 5 heteroatoms. The Labute approximate surface area is 88.0 Å². The first-order valence-corrected chi connectivity index (χ1v) is 6.38. The molecule has 1 aliphatic rings. The zero-order valence-corrected chi connectivity index (χ0v) is 9.87. The molecular weight excluding hydrogens is 200 g/mol. The van der Waals surface area contributed by atoms with Crippen LogP contribution < -0.4 is 0 Å². The lowest BCUT2D eigenvalue weighted by Gasteiger charge is -2.32. The van der Waals surface area contributed by atoms with Gasteiger partial charge < -0.3 is 4.90 Å². The van der Waals surface area contributed by atoms with Gasteiger partial charge in [-0.3, -0.25) is 0 Å².